The van der Waals surface area contributed by atoms with Gasteiger partial charge in [-0.3, -0.25) is 9.59 Å². The van der Waals surface area contributed by atoms with Crippen LogP contribution >= 0.6 is 11.6 Å². The Bertz CT molecular complexity index is 517. The van der Waals surface area contributed by atoms with E-state index in [0.29, 0.717) is 22.9 Å². The van der Waals surface area contributed by atoms with E-state index in [0.717, 1.165) is 0 Å². The van der Waals surface area contributed by atoms with Gasteiger partial charge < -0.3 is 22.1 Å². The molecule has 0 unspecified atom stereocenters. The second-order valence-electron chi connectivity index (χ2n) is 4.69. The summed E-state index contributed by atoms with van der Waals surface area (Å²) in [6, 6.07) is 3.05. The standard InChI is InChI=1S/C13H19ClN4O2/c1-7(2)18-11(19)3-4-17-12-9(13(16)20)5-8(15)6-10(12)14/h5-7,17H,3-4,15H2,1-2H3,(H2,16,20)(H,18,19). The van der Waals surface area contributed by atoms with Gasteiger partial charge in [0.1, 0.15) is 0 Å². The van der Waals surface area contributed by atoms with E-state index in [1.165, 1.54) is 12.1 Å². The highest BCUT2D eigenvalue weighted by Gasteiger charge is 2.13. The maximum atomic E-state index is 11.5. The summed E-state index contributed by atoms with van der Waals surface area (Å²) >= 11 is 6.03. The molecule has 0 aliphatic rings. The minimum Gasteiger partial charge on any atom is -0.399 e. The SMILES string of the molecule is CC(C)NC(=O)CCNc1c(Cl)cc(N)cc1C(N)=O. The number of carbonyl (C=O) groups is 2. The van der Waals surface area contributed by atoms with Gasteiger partial charge in [-0.1, -0.05) is 11.6 Å². The number of benzene rings is 1. The maximum Gasteiger partial charge on any atom is 0.250 e. The van der Waals surface area contributed by atoms with E-state index in [9.17, 15) is 9.59 Å². The number of nitrogens with two attached hydrogens (primary N) is 2. The highest BCUT2D eigenvalue weighted by atomic mass is 35.5. The number of primary amides is 1. The van der Waals surface area contributed by atoms with E-state index < -0.39 is 5.91 Å². The van der Waals surface area contributed by atoms with Crippen molar-refractivity contribution in [1.82, 2.24) is 5.32 Å². The molecule has 1 rings (SSSR count). The van der Waals surface area contributed by atoms with Gasteiger partial charge in [-0.05, 0) is 26.0 Å². The summed E-state index contributed by atoms with van der Waals surface area (Å²) in [7, 11) is 0. The Hall–Kier alpha value is -1.95. The Morgan fingerprint density at radius 3 is 2.55 bits per heavy atom. The van der Waals surface area contributed by atoms with Crippen LogP contribution in [0.5, 0.6) is 0 Å². The van der Waals surface area contributed by atoms with E-state index >= 15 is 0 Å². The van der Waals surface area contributed by atoms with Crippen LogP contribution in [-0.2, 0) is 4.79 Å². The third-order valence-corrected chi connectivity index (χ3v) is 2.78. The van der Waals surface area contributed by atoms with Gasteiger partial charge in [0.25, 0.3) is 5.91 Å². The fraction of sp³-hybridized carbons (Fsp3) is 0.385. The summed E-state index contributed by atoms with van der Waals surface area (Å²) in [6.45, 7) is 4.10. The van der Waals surface area contributed by atoms with Crippen molar-refractivity contribution in [1.29, 1.82) is 0 Å². The summed E-state index contributed by atoms with van der Waals surface area (Å²) in [5.41, 5.74) is 11.8. The van der Waals surface area contributed by atoms with Crippen LogP contribution in [0.25, 0.3) is 0 Å². The Morgan fingerprint density at radius 2 is 2.00 bits per heavy atom. The smallest absolute Gasteiger partial charge is 0.250 e. The number of carbonyl (C=O) groups excluding carboxylic acids is 2. The van der Waals surface area contributed by atoms with Crippen molar-refractivity contribution in [2.45, 2.75) is 26.3 Å². The van der Waals surface area contributed by atoms with Gasteiger partial charge in [-0.15, -0.1) is 0 Å². The molecule has 0 saturated carbocycles. The van der Waals surface area contributed by atoms with Crippen molar-refractivity contribution in [3.05, 3.63) is 22.7 Å². The Kier molecular flexibility index (Phi) is 5.64. The number of amides is 2. The summed E-state index contributed by atoms with van der Waals surface area (Å²) in [6.07, 6.45) is 0.261. The molecule has 1 aromatic carbocycles. The number of nitrogens with one attached hydrogen (secondary N) is 2. The third kappa shape index (κ3) is 4.62. The first-order valence-electron chi connectivity index (χ1n) is 6.23. The molecule has 1 aromatic rings. The van der Waals surface area contributed by atoms with Crippen molar-refractivity contribution in [2.75, 3.05) is 17.6 Å². The van der Waals surface area contributed by atoms with Crippen molar-refractivity contribution in [3.63, 3.8) is 0 Å². The zero-order valence-corrected chi connectivity index (χ0v) is 12.3. The molecular weight excluding hydrogens is 280 g/mol. The summed E-state index contributed by atoms with van der Waals surface area (Å²) in [4.78, 5) is 22.9. The average Bonchev–Trinajstić information content (AvgIpc) is 2.30. The van der Waals surface area contributed by atoms with Crippen LogP contribution in [0.4, 0.5) is 11.4 Å². The molecule has 0 radical (unpaired) electrons. The molecule has 0 aliphatic carbocycles. The fourth-order valence-electron chi connectivity index (χ4n) is 1.70. The lowest BCUT2D eigenvalue weighted by Gasteiger charge is -2.13. The number of nitrogen functional groups attached to an aromatic ring is 1. The third-order valence-electron chi connectivity index (χ3n) is 2.48. The largest absolute Gasteiger partial charge is 0.399 e. The van der Waals surface area contributed by atoms with Crippen LogP contribution in [0.3, 0.4) is 0 Å². The molecule has 2 amide bonds. The molecule has 0 saturated heterocycles. The second kappa shape index (κ2) is 7.00. The van der Waals surface area contributed by atoms with Crippen LogP contribution in [-0.4, -0.2) is 24.4 Å². The predicted octanol–water partition coefficient (Wildman–Crippen LogP) is 1.35. The van der Waals surface area contributed by atoms with Gasteiger partial charge in [0.05, 0.1) is 16.3 Å². The first kappa shape index (κ1) is 16.1. The van der Waals surface area contributed by atoms with Crippen LogP contribution in [0.1, 0.15) is 30.6 Å². The second-order valence-corrected chi connectivity index (χ2v) is 5.10. The van der Waals surface area contributed by atoms with Crippen molar-refractivity contribution >= 4 is 34.8 Å². The molecule has 6 nitrogen and oxygen atoms in total. The van der Waals surface area contributed by atoms with E-state index in [-0.39, 0.29) is 23.9 Å². The summed E-state index contributed by atoms with van der Waals surface area (Å²) in [5, 5.41) is 6.01. The summed E-state index contributed by atoms with van der Waals surface area (Å²) in [5.74, 6) is -0.715. The van der Waals surface area contributed by atoms with Gasteiger partial charge in [-0.2, -0.15) is 0 Å². The van der Waals surface area contributed by atoms with Gasteiger partial charge >= 0.3 is 0 Å². The monoisotopic (exact) mass is 298 g/mol. The molecule has 20 heavy (non-hydrogen) atoms. The lowest BCUT2D eigenvalue weighted by atomic mass is 10.1. The average molecular weight is 299 g/mol. The van der Waals surface area contributed by atoms with Gasteiger partial charge in [0.15, 0.2) is 0 Å². The number of hydrogen-bond donors (Lipinski definition) is 4. The normalized spacial score (nSPS) is 10.4. The van der Waals surface area contributed by atoms with Crippen LogP contribution in [0.2, 0.25) is 5.02 Å². The minimum absolute atomic E-state index is 0.0836. The Balaban J connectivity index is 2.73. The molecule has 0 heterocycles. The number of hydrogen-bond acceptors (Lipinski definition) is 4. The van der Waals surface area contributed by atoms with Crippen LogP contribution < -0.4 is 22.1 Å². The highest BCUT2D eigenvalue weighted by Crippen LogP contribution is 2.28. The summed E-state index contributed by atoms with van der Waals surface area (Å²) < 4.78 is 0. The highest BCUT2D eigenvalue weighted by molar-refractivity contribution is 6.34. The molecule has 0 atom stereocenters. The molecule has 0 bridgehead atoms. The number of anilines is 2. The van der Waals surface area contributed by atoms with E-state index in [1.807, 2.05) is 13.8 Å². The fourth-order valence-corrected chi connectivity index (χ4v) is 1.99. The van der Waals surface area contributed by atoms with Crippen LogP contribution in [0, 0.1) is 0 Å². The lowest BCUT2D eigenvalue weighted by Crippen LogP contribution is -2.31. The molecule has 0 spiro atoms. The first-order valence-corrected chi connectivity index (χ1v) is 6.61. The van der Waals surface area contributed by atoms with Gasteiger partial charge in [0, 0.05) is 24.7 Å². The molecule has 7 heteroatoms. The topological polar surface area (TPSA) is 110 Å². The van der Waals surface area contributed by atoms with E-state index in [1.54, 1.807) is 0 Å². The van der Waals surface area contributed by atoms with E-state index in [4.69, 9.17) is 23.1 Å². The number of rotatable bonds is 6. The van der Waals surface area contributed by atoms with E-state index in [2.05, 4.69) is 10.6 Å². The van der Waals surface area contributed by atoms with Crippen molar-refractivity contribution in [2.24, 2.45) is 5.73 Å². The Morgan fingerprint density at radius 1 is 1.35 bits per heavy atom. The van der Waals surface area contributed by atoms with Crippen molar-refractivity contribution < 1.29 is 9.59 Å². The zero-order chi connectivity index (χ0) is 15.3. The Labute approximate surface area is 122 Å². The maximum absolute atomic E-state index is 11.5. The molecule has 0 fully saturated rings. The molecule has 6 N–H and O–H groups in total. The van der Waals surface area contributed by atoms with Crippen LogP contribution in [0.15, 0.2) is 12.1 Å². The first-order chi connectivity index (χ1) is 9.31. The lowest BCUT2D eigenvalue weighted by molar-refractivity contribution is -0.121. The van der Waals surface area contributed by atoms with Gasteiger partial charge in [-0.25, -0.2) is 0 Å². The van der Waals surface area contributed by atoms with Crippen molar-refractivity contribution in [3.8, 4) is 0 Å². The molecular formula is C13H19ClN4O2. The minimum atomic E-state index is -0.631. The predicted molar refractivity (Wildman–Crippen MR) is 80.8 cm³/mol. The molecule has 0 aliphatic heterocycles. The number of halogens is 1. The molecule has 0 aromatic heterocycles. The molecule has 110 valence electrons. The van der Waals surface area contributed by atoms with Gasteiger partial charge in [0.2, 0.25) is 5.91 Å². The quantitative estimate of drug-likeness (QED) is 0.594. The zero-order valence-electron chi connectivity index (χ0n) is 11.5.